The van der Waals surface area contributed by atoms with Crippen LogP contribution in [0.5, 0.6) is 0 Å². The van der Waals surface area contributed by atoms with Crippen molar-refractivity contribution >= 4 is 6.47 Å². The Kier molecular flexibility index (Phi) is 3.59. The number of halogens is 1. The number of benzene rings is 1. The van der Waals surface area contributed by atoms with Gasteiger partial charge in [-0.25, -0.2) is 4.39 Å². The summed E-state index contributed by atoms with van der Waals surface area (Å²) in [6.07, 6.45) is 0. The number of rotatable bonds is 0. The highest BCUT2D eigenvalue weighted by atomic mass is 19.1. The number of hydrogen-bond donors (Lipinski definition) is 1. The molecule has 0 atom stereocenters. The van der Waals surface area contributed by atoms with Crippen molar-refractivity contribution in [2.75, 3.05) is 7.05 Å². The third-order valence-electron chi connectivity index (χ3n) is 2.08. The molecule has 4 heteroatoms. The average Bonchev–Trinajstić information content (AvgIpc) is 2.48. The van der Waals surface area contributed by atoms with Gasteiger partial charge in [0.1, 0.15) is 5.82 Å². The molecule has 0 saturated carbocycles. The molecular weight excluding hydrogens is 185 g/mol. The van der Waals surface area contributed by atoms with E-state index in [1.54, 1.807) is 6.07 Å². The molecule has 1 aliphatic heterocycles. The van der Waals surface area contributed by atoms with Gasteiger partial charge in [0.2, 0.25) is 0 Å². The van der Waals surface area contributed by atoms with Gasteiger partial charge in [0.25, 0.3) is 6.47 Å². The highest BCUT2D eigenvalue weighted by molar-refractivity contribution is 5.32. The molecule has 1 heterocycles. The van der Waals surface area contributed by atoms with Gasteiger partial charge in [-0.15, -0.1) is 0 Å². The molecule has 1 aliphatic rings. The first-order valence-electron chi connectivity index (χ1n) is 4.21. The summed E-state index contributed by atoms with van der Waals surface area (Å²) in [5.41, 5.74) is 2.00. The summed E-state index contributed by atoms with van der Waals surface area (Å²) >= 11 is 0. The maximum atomic E-state index is 13.0. The van der Waals surface area contributed by atoms with Crippen LogP contribution >= 0.6 is 0 Å². The van der Waals surface area contributed by atoms with E-state index in [1.165, 1.54) is 6.07 Å². The highest BCUT2D eigenvalue weighted by Crippen LogP contribution is 2.23. The Labute approximate surface area is 81.8 Å². The molecule has 0 amide bonds. The van der Waals surface area contributed by atoms with Crippen LogP contribution in [-0.4, -0.2) is 23.5 Å². The lowest BCUT2D eigenvalue weighted by Gasteiger charge is -2.02. The Hall–Kier alpha value is -1.42. The predicted octanol–water partition coefficient (Wildman–Crippen LogP) is 1.47. The SMILES string of the molecule is CN1Cc2cccc(F)c2C1.O=CO. The van der Waals surface area contributed by atoms with Gasteiger partial charge < -0.3 is 5.11 Å². The largest absolute Gasteiger partial charge is 0.483 e. The van der Waals surface area contributed by atoms with Crippen LogP contribution in [0.3, 0.4) is 0 Å². The molecule has 1 N–H and O–H groups in total. The van der Waals surface area contributed by atoms with Crippen LogP contribution in [0.25, 0.3) is 0 Å². The molecule has 0 unspecified atom stereocenters. The summed E-state index contributed by atoms with van der Waals surface area (Å²) in [6.45, 7) is 1.38. The minimum absolute atomic E-state index is 0.0631. The van der Waals surface area contributed by atoms with Gasteiger partial charge in [0, 0.05) is 18.7 Å². The number of nitrogens with zero attached hydrogens (tertiary/aromatic N) is 1. The zero-order valence-electron chi connectivity index (χ0n) is 7.90. The van der Waals surface area contributed by atoms with E-state index in [1.807, 2.05) is 13.1 Å². The summed E-state index contributed by atoms with van der Waals surface area (Å²) in [6, 6.07) is 5.28. The van der Waals surface area contributed by atoms with Crippen molar-refractivity contribution < 1.29 is 14.3 Å². The normalized spacial score (nSPS) is 14.1. The van der Waals surface area contributed by atoms with E-state index in [0.29, 0.717) is 0 Å². The zero-order chi connectivity index (χ0) is 10.6. The predicted molar refractivity (Wildman–Crippen MR) is 50.3 cm³/mol. The van der Waals surface area contributed by atoms with E-state index in [0.717, 1.165) is 24.2 Å². The first-order chi connectivity index (χ1) is 6.69. The van der Waals surface area contributed by atoms with Crippen LogP contribution in [0, 0.1) is 5.82 Å². The molecule has 14 heavy (non-hydrogen) atoms. The van der Waals surface area contributed by atoms with Crippen LogP contribution in [0.1, 0.15) is 11.1 Å². The van der Waals surface area contributed by atoms with Crippen molar-refractivity contribution in [2.45, 2.75) is 13.1 Å². The summed E-state index contributed by atoms with van der Waals surface area (Å²) in [5.74, 6) is -0.0631. The van der Waals surface area contributed by atoms with Gasteiger partial charge >= 0.3 is 0 Å². The van der Waals surface area contributed by atoms with Gasteiger partial charge in [0.15, 0.2) is 0 Å². The second-order valence-corrected chi connectivity index (χ2v) is 3.16. The second kappa shape index (κ2) is 4.72. The van der Waals surface area contributed by atoms with Gasteiger partial charge in [0.05, 0.1) is 0 Å². The van der Waals surface area contributed by atoms with Crippen molar-refractivity contribution in [2.24, 2.45) is 0 Å². The van der Waals surface area contributed by atoms with Crippen LogP contribution in [0.2, 0.25) is 0 Å². The summed E-state index contributed by atoms with van der Waals surface area (Å²) in [5, 5.41) is 6.89. The van der Waals surface area contributed by atoms with Crippen molar-refractivity contribution in [1.29, 1.82) is 0 Å². The molecule has 0 bridgehead atoms. The van der Waals surface area contributed by atoms with Crippen LogP contribution < -0.4 is 0 Å². The Balaban J connectivity index is 0.000000293. The fourth-order valence-electron chi connectivity index (χ4n) is 1.55. The van der Waals surface area contributed by atoms with E-state index in [4.69, 9.17) is 9.90 Å². The molecule has 1 aromatic carbocycles. The Morgan fingerprint density at radius 1 is 1.50 bits per heavy atom. The smallest absolute Gasteiger partial charge is 0.290 e. The summed E-state index contributed by atoms with van der Waals surface area (Å²) in [7, 11) is 2.00. The van der Waals surface area contributed by atoms with E-state index < -0.39 is 0 Å². The Bertz CT molecular complexity index is 328. The van der Waals surface area contributed by atoms with Crippen molar-refractivity contribution in [3.05, 3.63) is 35.1 Å². The minimum atomic E-state index is -0.250. The molecule has 2 rings (SSSR count). The van der Waals surface area contributed by atoms with E-state index in [2.05, 4.69) is 4.90 Å². The number of carbonyl (C=O) groups is 1. The van der Waals surface area contributed by atoms with Crippen LogP contribution in [-0.2, 0) is 17.9 Å². The fraction of sp³-hybridized carbons (Fsp3) is 0.300. The molecule has 0 saturated heterocycles. The monoisotopic (exact) mass is 197 g/mol. The Morgan fingerprint density at radius 3 is 2.71 bits per heavy atom. The fourth-order valence-corrected chi connectivity index (χ4v) is 1.55. The molecule has 1 aromatic rings. The third-order valence-corrected chi connectivity index (χ3v) is 2.08. The van der Waals surface area contributed by atoms with E-state index in [-0.39, 0.29) is 12.3 Å². The molecular formula is C10H12FNO2. The zero-order valence-corrected chi connectivity index (χ0v) is 7.90. The van der Waals surface area contributed by atoms with Crippen LogP contribution in [0.15, 0.2) is 18.2 Å². The lowest BCUT2D eigenvalue weighted by molar-refractivity contribution is -0.122. The molecule has 76 valence electrons. The van der Waals surface area contributed by atoms with E-state index in [9.17, 15) is 4.39 Å². The quantitative estimate of drug-likeness (QED) is 0.640. The molecule has 0 aliphatic carbocycles. The lowest BCUT2D eigenvalue weighted by atomic mass is 10.1. The summed E-state index contributed by atoms with van der Waals surface area (Å²) in [4.78, 5) is 10.5. The van der Waals surface area contributed by atoms with Crippen molar-refractivity contribution in [3.8, 4) is 0 Å². The van der Waals surface area contributed by atoms with Gasteiger partial charge in [-0.2, -0.15) is 0 Å². The molecule has 0 aromatic heterocycles. The Morgan fingerprint density at radius 2 is 2.14 bits per heavy atom. The van der Waals surface area contributed by atoms with Crippen LogP contribution in [0.4, 0.5) is 4.39 Å². The molecule has 3 nitrogen and oxygen atoms in total. The average molecular weight is 197 g/mol. The topological polar surface area (TPSA) is 40.5 Å². The molecule has 0 spiro atoms. The van der Waals surface area contributed by atoms with Gasteiger partial charge in [-0.1, -0.05) is 12.1 Å². The lowest BCUT2D eigenvalue weighted by Crippen LogP contribution is -2.07. The molecule has 0 radical (unpaired) electrons. The minimum Gasteiger partial charge on any atom is -0.483 e. The number of fused-ring (bicyclic) bond motifs is 1. The second-order valence-electron chi connectivity index (χ2n) is 3.16. The summed E-state index contributed by atoms with van der Waals surface area (Å²) < 4.78 is 13.0. The highest BCUT2D eigenvalue weighted by Gasteiger charge is 2.17. The van der Waals surface area contributed by atoms with Gasteiger partial charge in [-0.05, 0) is 18.7 Å². The number of carboxylic acid groups (broad SMARTS) is 1. The maximum absolute atomic E-state index is 13.0. The number of hydrogen-bond acceptors (Lipinski definition) is 2. The third kappa shape index (κ3) is 2.29. The van der Waals surface area contributed by atoms with Gasteiger partial charge in [-0.3, -0.25) is 9.69 Å². The first kappa shape index (κ1) is 10.7. The van der Waals surface area contributed by atoms with Crippen molar-refractivity contribution in [3.63, 3.8) is 0 Å². The first-order valence-corrected chi connectivity index (χ1v) is 4.21. The van der Waals surface area contributed by atoms with E-state index >= 15 is 0 Å². The standard InChI is InChI=1S/C9H10FN.CH2O2/c1-11-5-7-3-2-4-9(10)8(7)6-11;2-1-3/h2-4H,5-6H2,1H3;1H,(H,2,3). The molecule has 0 fully saturated rings. The maximum Gasteiger partial charge on any atom is 0.290 e. The van der Waals surface area contributed by atoms with Crippen molar-refractivity contribution in [1.82, 2.24) is 4.90 Å².